The molecular weight excluding hydrogens is 325 g/mol. The van der Waals surface area contributed by atoms with E-state index in [1.54, 1.807) is 30.3 Å². The van der Waals surface area contributed by atoms with Gasteiger partial charge >= 0.3 is 5.97 Å². The number of amides is 1. The molecule has 6 heteroatoms. The van der Waals surface area contributed by atoms with E-state index in [9.17, 15) is 9.59 Å². The number of aromatic carboxylic acids is 1. The maximum absolute atomic E-state index is 11.9. The molecule has 0 fully saturated rings. The first-order valence-corrected chi connectivity index (χ1v) is 6.99. The predicted molar refractivity (Wildman–Crippen MR) is 87.5 cm³/mol. The lowest BCUT2D eigenvalue weighted by Gasteiger charge is -2.06. The van der Waals surface area contributed by atoms with E-state index in [1.165, 1.54) is 24.3 Å². The summed E-state index contributed by atoms with van der Waals surface area (Å²) in [6.07, 6.45) is 2.80. The van der Waals surface area contributed by atoms with Crippen molar-refractivity contribution in [3.05, 3.63) is 69.7 Å². The minimum atomic E-state index is -1.11. The lowest BCUT2D eigenvalue weighted by atomic mass is 10.1. The quantitative estimate of drug-likeness (QED) is 0.816. The molecule has 0 bridgehead atoms. The second-order valence-corrected chi connectivity index (χ2v) is 5.18. The Morgan fingerprint density at radius 1 is 1.09 bits per heavy atom. The molecule has 0 atom stereocenters. The number of benzene rings is 2. The Kier molecular flexibility index (Phi) is 5.20. The van der Waals surface area contributed by atoms with Gasteiger partial charge in [0.1, 0.15) is 0 Å². The predicted octanol–water partition coefficient (Wildman–Crippen LogP) is 4.34. The second kappa shape index (κ2) is 7.11. The normalized spacial score (nSPS) is 10.6. The van der Waals surface area contributed by atoms with Gasteiger partial charge in [0.25, 0.3) is 0 Å². The first-order valence-electron chi connectivity index (χ1n) is 6.24. The molecule has 2 rings (SSSR count). The molecule has 2 aromatic carbocycles. The molecule has 2 aromatic rings. The molecular formula is C16H11Cl2NO3. The molecule has 0 unspecified atom stereocenters. The summed E-state index contributed by atoms with van der Waals surface area (Å²) >= 11 is 11.8. The monoisotopic (exact) mass is 335 g/mol. The molecule has 1 amide bonds. The molecule has 0 radical (unpaired) electrons. The Hall–Kier alpha value is -2.30. The van der Waals surface area contributed by atoms with Crippen LogP contribution in [-0.4, -0.2) is 17.0 Å². The van der Waals surface area contributed by atoms with E-state index in [1.807, 2.05) is 0 Å². The fourth-order valence-corrected chi connectivity index (χ4v) is 2.23. The van der Waals surface area contributed by atoms with Crippen LogP contribution in [-0.2, 0) is 4.79 Å². The van der Waals surface area contributed by atoms with Crippen molar-refractivity contribution in [3.63, 3.8) is 0 Å². The molecule has 0 saturated carbocycles. The number of rotatable bonds is 4. The average Bonchev–Trinajstić information content (AvgIpc) is 2.46. The average molecular weight is 336 g/mol. The Morgan fingerprint density at radius 3 is 2.50 bits per heavy atom. The first-order chi connectivity index (χ1) is 10.5. The van der Waals surface area contributed by atoms with Gasteiger partial charge in [0.2, 0.25) is 5.91 Å². The fourth-order valence-electron chi connectivity index (χ4n) is 1.76. The first kappa shape index (κ1) is 16.1. The van der Waals surface area contributed by atoms with Crippen LogP contribution >= 0.6 is 23.2 Å². The zero-order valence-electron chi connectivity index (χ0n) is 11.2. The number of hydrogen-bond donors (Lipinski definition) is 2. The van der Waals surface area contributed by atoms with Crippen LogP contribution in [0.15, 0.2) is 48.5 Å². The molecule has 0 aromatic heterocycles. The molecule has 0 aliphatic rings. The van der Waals surface area contributed by atoms with E-state index in [-0.39, 0.29) is 11.3 Å². The summed E-state index contributed by atoms with van der Waals surface area (Å²) in [4.78, 5) is 22.9. The van der Waals surface area contributed by atoms with Crippen LogP contribution < -0.4 is 5.32 Å². The van der Waals surface area contributed by atoms with E-state index < -0.39 is 11.9 Å². The third-order valence-electron chi connectivity index (χ3n) is 2.79. The zero-order valence-corrected chi connectivity index (χ0v) is 12.7. The van der Waals surface area contributed by atoms with E-state index in [0.717, 1.165) is 0 Å². The van der Waals surface area contributed by atoms with Crippen LogP contribution in [0.4, 0.5) is 5.69 Å². The van der Waals surface area contributed by atoms with Crippen molar-refractivity contribution in [2.24, 2.45) is 0 Å². The number of para-hydroxylation sites is 1. The summed E-state index contributed by atoms with van der Waals surface area (Å²) in [6, 6.07) is 11.1. The SMILES string of the molecule is O=C(C=Cc1ccc(Cl)cc1Cl)Nc1ccccc1C(=O)O. The van der Waals surface area contributed by atoms with Gasteiger partial charge in [-0.3, -0.25) is 4.79 Å². The molecule has 22 heavy (non-hydrogen) atoms. The minimum Gasteiger partial charge on any atom is -0.478 e. The Bertz CT molecular complexity index is 757. The molecule has 112 valence electrons. The Balaban J connectivity index is 2.13. The highest BCUT2D eigenvalue weighted by molar-refractivity contribution is 6.35. The standard InChI is InChI=1S/C16H11Cl2NO3/c17-11-7-5-10(13(18)9-11)6-8-15(20)19-14-4-2-1-3-12(14)16(21)22/h1-9H,(H,19,20)(H,21,22). The summed E-state index contributed by atoms with van der Waals surface area (Å²) < 4.78 is 0. The third-order valence-corrected chi connectivity index (χ3v) is 3.35. The van der Waals surface area contributed by atoms with Crippen molar-refractivity contribution < 1.29 is 14.7 Å². The van der Waals surface area contributed by atoms with Gasteiger partial charge < -0.3 is 10.4 Å². The topological polar surface area (TPSA) is 66.4 Å². The highest BCUT2D eigenvalue weighted by Gasteiger charge is 2.10. The van der Waals surface area contributed by atoms with E-state index in [2.05, 4.69) is 5.32 Å². The maximum Gasteiger partial charge on any atom is 0.337 e. The highest BCUT2D eigenvalue weighted by Crippen LogP contribution is 2.22. The van der Waals surface area contributed by atoms with Gasteiger partial charge in [0.05, 0.1) is 11.3 Å². The molecule has 2 N–H and O–H groups in total. The second-order valence-electron chi connectivity index (χ2n) is 4.34. The van der Waals surface area contributed by atoms with Crippen LogP contribution in [0.1, 0.15) is 15.9 Å². The Morgan fingerprint density at radius 2 is 1.82 bits per heavy atom. The number of carboxylic acids is 1. The molecule has 4 nitrogen and oxygen atoms in total. The van der Waals surface area contributed by atoms with Gasteiger partial charge in [0.15, 0.2) is 0 Å². The van der Waals surface area contributed by atoms with Crippen LogP contribution in [0, 0.1) is 0 Å². The number of nitrogens with one attached hydrogen (secondary N) is 1. The zero-order chi connectivity index (χ0) is 16.1. The molecule has 0 saturated heterocycles. The number of anilines is 1. The largest absolute Gasteiger partial charge is 0.478 e. The Labute approximate surface area is 137 Å². The van der Waals surface area contributed by atoms with E-state index >= 15 is 0 Å². The lowest BCUT2D eigenvalue weighted by Crippen LogP contribution is -2.11. The third kappa shape index (κ3) is 4.10. The van der Waals surface area contributed by atoms with Gasteiger partial charge in [-0.2, -0.15) is 0 Å². The van der Waals surface area contributed by atoms with Crippen molar-refractivity contribution in [3.8, 4) is 0 Å². The lowest BCUT2D eigenvalue weighted by molar-refractivity contribution is -0.111. The van der Waals surface area contributed by atoms with Crippen LogP contribution in [0.25, 0.3) is 6.08 Å². The number of carbonyl (C=O) groups is 2. The van der Waals surface area contributed by atoms with Gasteiger partial charge in [-0.15, -0.1) is 0 Å². The number of halogens is 2. The van der Waals surface area contributed by atoms with Crippen LogP contribution in [0.2, 0.25) is 10.0 Å². The van der Waals surface area contributed by atoms with E-state index in [4.69, 9.17) is 28.3 Å². The number of carboxylic acid groups (broad SMARTS) is 1. The van der Waals surface area contributed by atoms with Gasteiger partial charge in [0, 0.05) is 16.1 Å². The van der Waals surface area contributed by atoms with Crippen molar-refractivity contribution in [1.82, 2.24) is 0 Å². The highest BCUT2D eigenvalue weighted by atomic mass is 35.5. The van der Waals surface area contributed by atoms with Crippen molar-refractivity contribution in [1.29, 1.82) is 0 Å². The number of carbonyl (C=O) groups excluding carboxylic acids is 1. The maximum atomic E-state index is 11.9. The summed E-state index contributed by atoms with van der Waals surface area (Å²) in [5.74, 6) is -1.57. The van der Waals surface area contributed by atoms with Gasteiger partial charge in [-0.05, 0) is 35.9 Å². The smallest absolute Gasteiger partial charge is 0.337 e. The fraction of sp³-hybridized carbons (Fsp3) is 0. The molecule has 0 aliphatic carbocycles. The molecule has 0 aliphatic heterocycles. The van der Waals surface area contributed by atoms with Crippen LogP contribution in [0.3, 0.4) is 0 Å². The van der Waals surface area contributed by atoms with Crippen LogP contribution in [0.5, 0.6) is 0 Å². The van der Waals surface area contributed by atoms with E-state index in [0.29, 0.717) is 15.6 Å². The minimum absolute atomic E-state index is 0.0220. The summed E-state index contributed by atoms with van der Waals surface area (Å²) in [7, 11) is 0. The molecule has 0 spiro atoms. The summed E-state index contributed by atoms with van der Waals surface area (Å²) in [5.41, 5.74) is 0.883. The summed E-state index contributed by atoms with van der Waals surface area (Å²) in [5, 5.41) is 12.5. The van der Waals surface area contributed by atoms with Crippen molar-refractivity contribution in [2.75, 3.05) is 5.32 Å². The van der Waals surface area contributed by atoms with Gasteiger partial charge in [-0.25, -0.2) is 4.79 Å². The molecule has 0 heterocycles. The van der Waals surface area contributed by atoms with Crippen molar-refractivity contribution in [2.45, 2.75) is 0 Å². The number of hydrogen-bond acceptors (Lipinski definition) is 2. The van der Waals surface area contributed by atoms with Gasteiger partial charge in [-0.1, -0.05) is 41.4 Å². The van der Waals surface area contributed by atoms with Crippen molar-refractivity contribution >= 4 is 46.8 Å². The summed E-state index contributed by atoms with van der Waals surface area (Å²) in [6.45, 7) is 0.